The SMILES string of the molecule is CCCCN1C(=O)[C@H]2[C@@H](C1=O)[C@]1([NH2+][C@@H]2CCC(N)=O)C(=O)Nc2c1ccc(C)c2C. The van der Waals surface area contributed by atoms with Gasteiger partial charge in [-0.15, -0.1) is 0 Å². The van der Waals surface area contributed by atoms with Gasteiger partial charge in [-0.25, -0.2) is 0 Å². The number of unbranched alkanes of at least 4 members (excludes halogenated alkanes) is 1. The summed E-state index contributed by atoms with van der Waals surface area (Å²) in [6.45, 7) is 6.28. The second-order valence-electron chi connectivity index (χ2n) is 8.77. The number of rotatable bonds is 6. The molecule has 0 saturated carbocycles. The average Bonchev–Trinajstić information content (AvgIpc) is 3.27. The second-order valence-corrected chi connectivity index (χ2v) is 8.77. The number of anilines is 1. The number of nitrogens with one attached hydrogen (secondary N) is 1. The monoisotopic (exact) mass is 413 g/mol. The molecule has 0 bridgehead atoms. The predicted molar refractivity (Wildman–Crippen MR) is 109 cm³/mol. The van der Waals surface area contributed by atoms with Crippen LogP contribution in [0.2, 0.25) is 0 Å². The Morgan fingerprint density at radius 2 is 1.97 bits per heavy atom. The number of primary amides is 1. The van der Waals surface area contributed by atoms with E-state index in [0.29, 0.717) is 13.0 Å². The first-order valence-corrected chi connectivity index (χ1v) is 10.7. The Bertz CT molecular complexity index is 959. The van der Waals surface area contributed by atoms with Gasteiger partial charge in [-0.3, -0.25) is 24.1 Å². The zero-order valence-corrected chi connectivity index (χ0v) is 17.7. The zero-order valence-electron chi connectivity index (χ0n) is 17.7. The highest BCUT2D eigenvalue weighted by Crippen LogP contribution is 2.50. The maximum Gasteiger partial charge on any atom is 0.291 e. The molecule has 1 aromatic rings. The van der Waals surface area contributed by atoms with Gasteiger partial charge in [0, 0.05) is 24.9 Å². The van der Waals surface area contributed by atoms with E-state index in [0.717, 1.165) is 35.2 Å². The molecule has 0 radical (unpaired) electrons. The highest BCUT2D eigenvalue weighted by molar-refractivity contribution is 6.14. The van der Waals surface area contributed by atoms with Crippen molar-refractivity contribution in [3.8, 4) is 0 Å². The van der Waals surface area contributed by atoms with Gasteiger partial charge in [-0.2, -0.15) is 0 Å². The number of benzene rings is 1. The number of fused-ring (bicyclic) bond motifs is 4. The minimum Gasteiger partial charge on any atom is -0.370 e. The van der Waals surface area contributed by atoms with E-state index in [1.165, 1.54) is 4.90 Å². The topological polar surface area (TPSA) is 126 Å². The maximum absolute atomic E-state index is 13.5. The lowest BCUT2D eigenvalue weighted by atomic mass is 9.76. The fourth-order valence-electron chi connectivity index (χ4n) is 5.45. The van der Waals surface area contributed by atoms with Crippen molar-refractivity contribution in [3.05, 3.63) is 28.8 Å². The van der Waals surface area contributed by atoms with Gasteiger partial charge >= 0.3 is 0 Å². The number of carbonyl (C=O) groups is 4. The number of quaternary nitrogens is 1. The lowest BCUT2D eigenvalue weighted by Gasteiger charge is -2.26. The van der Waals surface area contributed by atoms with Gasteiger partial charge in [0.05, 0.1) is 5.69 Å². The van der Waals surface area contributed by atoms with Gasteiger partial charge in [-0.05, 0) is 37.5 Å². The standard InChI is InChI=1S/C22H28N4O4/c1-4-5-10-26-19(28)16-14(8-9-15(23)27)25-22(17(16)20(26)29)13-7-6-11(2)12(3)18(13)24-21(22)30/h6-7,14,16-17,25H,4-5,8-10H2,1-3H3,(H2,23,27)(H,24,30)/p+1/t14-,16-,17+,22+/m1/s1. The van der Waals surface area contributed by atoms with Crippen molar-refractivity contribution in [2.75, 3.05) is 11.9 Å². The predicted octanol–water partition coefficient (Wildman–Crippen LogP) is 0.0632. The molecule has 3 heterocycles. The number of hydrogen-bond acceptors (Lipinski definition) is 4. The molecule has 0 unspecified atom stereocenters. The van der Waals surface area contributed by atoms with Gasteiger partial charge in [0.15, 0.2) is 0 Å². The van der Waals surface area contributed by atoms with Crippen molar-refractivity contribution < 1.29 is 24.5 Å². The van der Waals surface area contributed by atoms with Crippen LogP contribution in [0, 0.1) is 25.7 Å². The van der Waals surface area contributed by atoms with Gasteiger partial charge < -0.3 is 16.4 Å². The molecular weight excluding hydrogens is 384 g/mol. The molecule has 0 aromatic heterocycles. The summed E-state index contributed by atoms with van der Waals surface area (Å²) < 4.78 is 0. The minimum absolute atomic E-state index is 0.109. The number of nitrogens with two attached hydrogens (primary N) is 2. The lowest BCUT2D eigenvalue weighted by molar-refractivity contribution is -0.734. The van der Waals surface area contributed by atoms with Crippen molar-refractivity contribution >= 4 is 29.3 Å². The van der Waals surface area contributed by atoms with E-state index in [1.807, 2.05) is 38.2 Å². The fourth-order valence-corrected chi connectivity index (χ4v) is 5.45. The van der Waals surface area contributed by atoms with E-state index in [-0.39, 0.29) is 30.2 Å². The number of aryl methyl sites for hydroxylation is 1. The molecule has 4 atom stereocenters. The summed E-state index contributed by atoms with van der Waals surface area (Å²) in [5.74, 6) is -2.64. The first-order chi connectivity index (χ1) is 14.2. The van der Waals surface area contributed by atoms with E-state index in [9.17, 15) is 19.2 Å². The molecule has 8 nitrogen and oxygen atoms in total. The Morgan fingerprint density at radius 1 is 1.23 bits per heavy atom. The van der Waals surface area contributed by atoms with Crippen LogP contribution in [0.5, 0.6) is 0 Å². The van der Waals surface area contributed by atoms with Gasteiger partial charge in [0.1, 0.15) is 17.9 Å². The molecule has 1 aromatic carbocycles. The zero-order chi connectivity index (χ0) is 21.8. The molecular formula is C22H29N4O4+. The minimum atomic E-state index is -1.19. The summed E-state index contributed by atoms with van der Waals surface area (Å²) in [7, 11) is 0. The van der Waals surface area contributed by atoms with Crippen LogP contribution in [0.3, 0.4) is 0 Å². The maximum atomic E-state index is 13.5. The Hall–Kier alpha value is -2.74. The Labute approximate surface area is 175 Å². The largest absolute Gasteiger partial charge is 0.370 e. The Morgan fingerprint density at radius 3 is 2.63 bits per heavy atom. The molecule has 1 spiro atoms. The van der Waals surface area contributed by atoms with Crippen molar-refractivity contribution in [1.29, 1.82) is 0 Å². The molecule has 4 amide bonds. The van der Waals surface area contributed by atoms with Gasteiger partial charge in [0.25, 0.3) is 5.91 Å². The van der Waals surface area contributed by atoms with E-state index >= 15 is 0 Å². The molecule has 2 fully saturated rings. The third-order valence-electron chi connectivity index (χ3n) is 7.13. The van der Waals surface area contributed by atoms with Crippen LogP contribution < -0.4 is 16.4 Å². The first-order valence-electron chi connectivity index (χ1n) is 10.7. The molecule has 0 aliphatic carbocycles. The van der Waals surface area contributed by atoms with Crippen molar-refractivity contribution in [3.63, 3.8) is 0 Å². The van der Waals surface area contributed by atoms with Crippen LogP contribution >= 0.6 is 0 Å². The molecule has 160 valence electrons. The number of amides is 4. The normalized spacial score (nSPS) is 29.5. The quantitative estimate of drug-likeness (QED) is 0.570. The number of carbonyl (C=O) groups excluding carboxylic acids is 4. The highest BCUT2D eigenvalue weighted by Gasteiger charge is 2.74. The fraction of sp³-hybridized carbons (Fsp3) is 0.545. The molecule has 5 N–H and O–H groups in total. The number of imide groups is 1. The lowest BCUT2D eigenvalue weighted by Crippen LogP contribution is -2.99. The summed E-state index contributed by atoms with van der Waals surface area (Å²) in [6, 6.07) is 3.49. The smallest absolute Gasteiger partial charge is 0.291 e. The van der Waals surface area contributed by atoms with Crippen LogP contribution in [-0.2, 0) is 24.7 Å². The number of hydrogen-bond donors (Lipinski definition) is 3. The summed E-state index contributed by atoms with van der Waals surface area (Å²) >= 11 is 0. The average molecular weight is 413 g/mol. The summed E-state index contributed by atoms with van der Waals surface area (Å²) in [4.78, 5) is 52.9. The van der Waals surface area contributed by atoms with Crippen molar-refractivity contribution in [1.82, 2.24) is 4.90 Å². The highest BCUT2D eigenvalue weighted by atomic mass is 16.2. The molecule has 2 saturated heterocycles. The second kappa shape index (κ2) is 7.19. The van der Waals surface area contributed by atoms with Crippen LogP contribution in [0.4, 0.5) is 5.69 Å². The molecule has 30 heavy (non-hydrogen) atoms. The first kappa shape index (κ1) is 20.5. The summed E-state index contributed by atoms with van der Waals surface area (Å²) in [5.41, 5.74) is 7.66. The van der Waals surface area contributed by atoms with E-state index < -0.39 is 23.3 Å². The number of likely N-dealkylation sites (tertiary alicyclic amines) is 1. The third kappa shape index (κ3) is 2.70. The van der Waals surface area contributed by atoms with Gasteiger partial charge in [0.2, 0.25) is 23.3 Å². The molecule has 8 heteroatoms. The van der Waals surface area contributed by atoms with Crippen LogP contribution in [0.15, 0.2) is 12.1 Å². The van der Waals surface area contributed by atoms with Crippen LogP contribution in [-0.4, -0.2) is 41.1 Å². The molecule has 3 aliphatic heterocycles. The van der Waals surface area contributed by atoms with Crippen molar-refractivity contribution in [2.45, 2.75) is 58.0 Å². The van der Waals surface area contributed by atoms with Gasteiger partial charge in [-0.1, -0.05) is 19.4 Å². The Kier molecular flexibility index (Phi) is 4.92. The summed E-state index contributed by atoms with van der Waals surface area (Å²) in [5, 5.41) is 4.84. The third-order valence-corrected chi connectivity index (χ3v) is 7.13. The Balaban J connectivity index is 1.83. The summed E-state index contributed by atoms with van der Waals surface area (Å²) in [6.07, 6.45) is 2.04. The molecule has 3 aliphatic rings. The van der Waals surface area contributed by atoms with E-state index in [1.54, 1.807) is 0 Å². The van der Waals surface area contributed by atoms with E-state index in [4.69, 9.17) is 5.73 Å². The van der Waals surface area contributed by atoms with Crippen LogP contribution in [0.1, 0.15) is 49.3 Å². The van der Waals surface area contributed by atoms with E-state index in [2.05, 4.69) is 5.32 Å². The molecule has 4 rings (SSSR count). The van der Waals surface area contributed by atoms with Crippen molar-refractivity contribution in [2.24, 2.45) is 17.6 Å². The van der Waals surface area contributed by atoms with Crippen LogP contribution in [0.25, 0.3) is 0 Å². The number of nitrogens with zero attached hydrogens (tertiary/aromatic N) is 1.